The van der Waals surface area contributed by atoms with Crippen LogP contribution in [0.2, 0.25) is 0 Å². The maximum absolute atomic E-state index is 11.9. The Morgan fingerprint density at radius 3 is 2.20 bits per heavy atom. The highest BCUT2D eigenvalue weighted by Crippen LogP contribution is 2.22. The largest absolute Gasteiger partial charge is 0.328 e. The molecule has 1 atom stereocenters. The van der Waals surface area contributed by atoms with Gasteiger partial charge < -0.3 is 11.1 Å². The summed E-state index contributed by atoms with van der Waals surface area (Å²) in [5.74, 6) is -0.0322. The fourth-order valence-electron chi connectivity index (χ4n) is 1.75. The first kappa shape index (κ1) is 12.0. The summed E-state index contributed by atoms with van der Waals surface area (Å²) in [5.41, 5.74) is 4.79. The number of nitrogens with zero attached hydrogens (tertiary/aromatic N) is 1. The Bertz CT molecular complexity index is 286. The van der Waals surface area contributed by atoms with Crippen LogP contribution in [0.3, 0.4) is 0 Å². The van der Waals surface area contributed by atoms with Crippen LogP contribution in [-0.2, 0) is 4.79 Å². The van der Waals surface area contributed by atoms with Crippen LogP contribution in [0.4, 0.5) is 4.79 Å². The first-order chi connectivity index (χ1) is 6.81. The third-order valence-electron chi connectivity index (χ3n) is 2.73. The number of urea groups is 1. The van der Waals surface area contributed by atoms with Crippen LogP contribution in [0.15, 0.2) is 0 Å². The zero-order valence-corrected chi connectivity index (χ0v) is 9.70. The molecule has 1 unspecified atom stereocenters. The lowest BCUT2D eigenvalue weighted by molar-refractivity contribution is -0.132. The predicted octanol–water partition coefficient (Wildman–Crippen LogP) is 0.300. The van der Waals surface area contributed by atoms with Crippen LogP contribution >= 0.6 is 0 Å². The maximum Gasteiger partial charge on any atom is 0.325 e. The first-order valence-corrected chi connectivity index (χ1v) is 5.17. The van der Waals surface area contributed by atoms with Gasteiger partial charge in [0.25, 0.3) is 5.91 Å². The van der Waals surface area contributed by atoms with Gasteiger partial charge in [-0.1, -0.05) is 13.8 Å². The molecule has 1 fully saturated rings. The average Bonchev–Trinajstić information content (AvgIpc) is 2.28. The van der Waals surface area contributed by atoms with Crippen molar-refractivity contribution in [2.75, 3.05) is 6.54 Å². The van der Waals surface area contributed by atoms with Crippen LogP contribution in [-0.4, -0.2) is 35.0 Å². The molecule has 1 aliphatic rings. The summed E-state index contributed by atoms with van der Waals surface area (Å²) in [7, 11) is 0. The third kappa shape index (κ3) is 1.97. The lowest BCUT2D eigenvalue weighted by Crippen LogP contribution is -2.48. The molecule has 0 radical (unpaired) electrons. The molecule has 0 spiro atoms. The van der Waals surface area contributed by atoms with Gasteiger partial charge in [-0.05, 0) is 19.8 Å². The van der Waals surface area contributed by atoms with Crippen molar-refractivity contribution in [2.45, 2.75) is 39.3 Å². The van der Waals surface area contributed by atoms with Gasteiger partial charge in [0.2, 0.25) is 0 Å². The Hall–Kier alpha value is -1.10. The van der Waals surface area contributed by atoms with E-state index in [1.807, 2.05) is 13.8 Å². The molecule has 3 N–H and O–H groups in total. The normalized spacial score (nSPS) is 22.1. The van der Waals surface area contributed by atoms with Gasteiger partial charge in [-0.25, -0.2) is 4.79 Å². The monoisotopic (exact) mass is 213 g/mol. The summed E-state index contributed by atoms with van der Waals surface area (Å²) in [5, 5.41) is 2.64. The third-order valence-corrected chi connectivity index (χ3v) is 2.73. The molecule has 1 rings (SSSR count). The molecule has 5 heteroatoms. The molecule has 0 aromatic rings. The average molecular weight is 213 g/mol. The topological polar surface area (TPSA) is 75.4 Å². The van der Waals surface area contributed by atoms with E-state index in [2.05, 4.69) is 5.32 Å². The van der Waals surface area contributed by atoms with E-state index in [0.29, 0.717) is 6.54 Å². The number of rotatable bonds is 3. The summed E-state index contributed by atoms with van der Waals surface area (Å²) in [6.07, 6.45) is 0. The van der Waals surface area contributed by atoms with Crippen molar-refractivity contribution in [3.8, 4) is 0 Å². The van der Waals surface area contributed by atoms with E-state index in [-0.39, 0.29) is 23.9 Å². The van der Waals surface area contributed by atoms with Crippen LogP contribution in [0, 0.1) is 5.92 Å². The number of imide groups is 1. The molecule has 1 saturated heterocycles. The predicted molar refractivity (Wildman–Crippen MR) is 57.1 cm³/mol. The van der Waals surface area contributed by atoms with Crippen LogP contribution in [0.5, 0.6) is 0 Å². The minimum Gasteiger partial charge on any atom is -0.328 e. The van der Waals surface area contributed by atoms with Gasteiger partial charge in [-0.3, -0.25) is 9.69 Å². The lowest BCUT2D eigenvalue weighted by Gasteiger charge is -2.27. The smallest absolute Gasteiger partial charge is 0.325 e. The Morgan fingerprint density at radius 2 is 1.93 bits per heavy atom. The summed E-state index contributed by atoms with van der Waals surface area (Å²) in [6, 6.07) is -0.562. The van der Waals surface area contributed by atoms with Crippen molar-refractivity contribution < 1.29 is 9.59 Å². The van der Waals surface area contributed by atoms with E-state index in [1.165, 1.54) is 4.90 Å². The minimum atomic E-state index is -0.806. The molecule has 0 aromatic carbocycles. The Kier molecular flexibility index (Phi) is 3.04. The molecule has 5 nitrogen and oxygen atoms in total. The molecule has 86 valence electrons. The highest BCUT2D eigenvalue weighted by molar-refractivity contribution is 6.06. The molecule has 1 heterocycles. The second-order valence-electron chi connectivity index (χ2n) is 4.78. The number of nitrogens with one attached hydrogen (secondary N) is 1. The van der Waals surface area contributed by atoms with E-state index in [4.69, 9.17) is 5.73 Å². The molecule has 1 aliphatic heterocycles. The molecule has 0 saturated carbocycles. The quantitative estimate of drug-likeness (QED) is 0.662. The summed E-state index contributed by atoms with van der Waals surface area (Å²) < 4.78 is 0. The van der Waals surface area contributed by atoms with Gasteiger partial charge in [0, 0.05) is 6.54 Å². The second-order valence-corrected chi connectivity index (χ2v) is 4.78. The van der Waals surface area contributed by atoms with Crippen molar-refractivity contribution in [1.29, 1.82) is 0 Å². The van der Waals surface area contributed by atoms with E-state index >= 15 is 0 Å². The van der Waals surface area contributed by atoms with Gasteiger partial charge in [0.1, 0.15) is 5.54 Å². The number of amides is 3. The highest BCUT2D eigenvalue weighted by atomic mass is 16.2. The molecular formula is C10H19N3O2. The van der Waals surface area contributed by atoms with Crippen molar-refractivity contribution in [3.05, 3.63) is 0 Å². The number of carbonyl (C=O) groups is 2. The highest BCUT2D eigenvalue weighted by Gasteiger charge is 2.47. The molecule has 0 aliphatic carbocycles. The zero-order chi connectivity index (χ0) is 11.8. The molecule has 0 bridgehead atoms. The summed E-state index contributed by atoms with van der Waals surface area (Å²) >= 11 is 0. The zero-order valence-electron chi connectivity index (χ0n) is 9.70. The van der Waals surface area contributed by atoms with E-state index in [9.17, 15) is 9.59 Å². The van der Waals surface area contributed by atoms with Crippen LogP contribution < -0.4 is 11.1 Å². The summed E-state index contributed by atoms with van der Waals surface area (Å²) in [4.78, 5) is 24.8. The number of nitrogens with two attached hydrogens (primary N) is 1. The van der Waals surface area contributed by atoms with Crippen LogP contribution in [0.1, 0.15) is 27.7 Å². The SMILES string of the molecule is CC(C)C(CN)N1C(=O)NC(C)(C)C1=O. The minimum absolute atomic E-state index is 0.165. The van der Waals surface area contributed by atoms with Gasteiger partial charge in [-0.2, -0.15) is 0 Å². The van der Waals surface area contributed by atoms with Crippen molar-refractivity contribution in [3.63, 3.8) is 0 Å². The van der Waals surface area contributed by atoms with E-state index in [0.717, 1.165) is 0 Å². The maximum atomic E-state index is 11.9. The van der Waals surface area contributed by atoms with Gasteiger partial charge in [-0.15, -0.1) is 0 Å². The van der Waals surface area contributed by atoms with Crippen molar-refractivity contribution in [1.82, 2.24) is 10.2 Å². The molecule has 15 heavy (non-hydrogen) atoms. The van der Waals surface area contributed by atoms with Crippen LogP contribution in [0.25, 0.3) is 0 Å². The van der Waals surface area contributed by atoms with Crippen molar-refractivity contribution in [2.24, 2.45) is 11.7 Å². The molecule has 3 amide bonds. The Labute approximate surface area is 90.0 Å². The Balaban J connectivity index is 2.95. The fraction of sp³-hybridized carbons (Fsp3) is 0.800. The van der Waals surface area contributed by atoms with Crippen molar-refractivity contribution >= 4 is 11.9 Å². The number of hydrogen-bond acceptors (Lipinski definition) is 3. The van der Waals surface area contributed by atoms with Gasteiger partial charge in [0.05, 0.1) is 6.04 Å². The summed E-state index contributed by atoms with van der Waals surface area (Å²) in [6.45, 7) is 7.59. The number of hydrogen-bond donors (Lipinski definition) is 2. The van der Waals surface area contributed by atoms with E-state index < -0.39 is 5.54 Å². The molecular weight excluding hydrogens is 194 g/mol. The van der Waals surface area contributed by atoms with E-state index in [1.54, 1.807) is 13.8 Å². The fourth-order valence-corrected chi connectivity index (χ4v) is 1.75. The second kappa shape index (κ2) is 3.81. The standard InChI is InChI=1S/C10H19N3O2/c1-6(2)7(5-11)13-8(14)10(3,4)12-9(13)15/h6-7H,5,11H2,1-4H3,(H,12,15). The van der Waals surface area contributed by atoms with Gasteiger partial charge in [0.15, 0.2) is 0 Å². The Morgan fingerprint density at radius 1 is 1.40 bits per heavy atom. The first-order valence-electron chi connectivity index (χ1n) is 5.17. The number of carbonyl (C=O) groups excluding carboxylic acids is 2. The lowest BCUT2D eigenvalue weighted by atomic mass is 10.0. The van der Waals surface area contributed by atoms with Gasteiger partial charge >= 0.3 is 6.03 Å². The molecule has 0 aromatic heterocycles.